The topological polar surface area (TPSA) is 93.4 Å². The summed E-state index contributed by atoms with van der Waals surface area (Å²) in [5.41, 5.74) is -0.833. The third-order valence-electron chi connectivity index (χ3n) is 4.67. The van der Waals surface area contributed by atoms with Gasteiger partial charge in [0.2, 0.25) is 0 Å². The van der Waals surface area contributed by atoms with Crippen molar-refractivity contribution in [3.8, 4) is 22.7 Å². The quantitative estimate of drug-likeness (QED) is 0.544. The molecule has 3 aromatic rings. The lowest BCUT2D eigenvalue weighted by Crippen LogP contribution is -2.42. The van der Waals surface area contributed by atoms with Gasteiger partial charge in [0.25, 0.3) is 11.5 Å². The van der Waals surface area contributed by atoms with E-state index in [1.54, 1.807) is 0 Å². The molecule has 174 valence electrons. The van der Waals surface area contributed by atoms with Crippen LogP contribution in [-0.4, -0.2) is 39.3 Å². The number of nitrogens with one attached hydrogen (secondary N) is 1. The number of aliphatic hydroxyl groups excluding tert-OH is 1. The third kappa shape index (κ3) is 5.95. The molecule has 0 aliphatic carbocycles. The minimum atomic E-state index is -4.86. The fourth-order valence-corrected chi connectivity index (χ4v) is 2.81. The van der Waals surface area contributed by atoms with Gasteiger partial charge in [0.05, 0.1) is 23.5 Å². The van der Waals surface area contributed by atoms with Crippen molar-refractivity contribution in [2.45, 2.75) is 32.4 Å². The molecule has 0 saturated carbocycles. The van der Waals surface area contributed by atoms with Crippen LogP contribution in [0.15, 0.2) is 59.4 Å². The van der Waals surface area contributed by atoms with Crippen molar-refractivity contribution in [2.24, 2.45) is 0 Å². The number of halogens is 4. The summed E-state index contributed by atoms with van der Waals surface area (Å²) in [6.45, 7) is 2.99. The lowest BCUT2D eigenvalue weighted by Gasteiger charge is -2.17. The van der Waals surface area contributed by atoms with Crippen LogP contribution in [0.3, 0.4) is 0 Å². The van der Waals surface area contributed by atoms with Crippen LogP contribution in [0.5, 0.6) is 5.75 Å². The molecule has 2 aromatic carbocycles. The van der Waals surface area contributed by atoms with E-state index in [2.05, 4.69) is 15.2 Å². The monoisotopic (exact) mass is 465 g/mol. The van der Waals surface area contributed by atoms with Gasteiger partial charge in [0.1, 0.15) is 17.1 Å². The Labute approximate surface area is 185 Å². The number of amides is 1. The van der Waals surface area contributed by atoms with Crippen LogP contribution in [-0.2, 0) is 0 Å². The molecule has 11 heteroatoms. The number of aromatic nitrogens is 2. The molecule has 33 heavy (non-hydrogen) atoms. The zero-order valence-corrected chi connectivity index (χ0v) is 17.4. The maximum Gasteiger partial charge on any atom is 0.573 e. The first-order valence-electron chi connectivity index (χ1n) is 9.70. The summed E-state index contributed by atoms with van der Waals surface area (Å²) in [5.74, 6) is -1.92. The maximum atomic E-state index is 13.8. The molecule has 2 atom stereocenters. The molecule has 0 fully saturated rings. The van der Waals surface area contributed by atoms with Crippen molar-refractivity contribution in [3.05, 3.63) is 76.3 Å². The highest BCUT2D eigenvalue weighted by Crippen LogP contribution is 2.26. The van der Waals surface area contributed by atoms with Crippen molar-refractivity contribution >= 4 is 5.91 Å². The van der Waals surface area contributed by atoms with Crippen LogP contribution in [0.1, 0.15) is 24.2 Å². The summed E-state index contributed by atoms with van der Waals surface area (Å²) in [6, 6.07) is 10.1. The van der Waals surface area contributed by atoms with Gasteiger partial charge in [-0.25, -0.2) is 4.39 Å². The van der Waals surface area contributed by atoms with E-state index >= 15 is 0 Å². The lowest BCUT2D eigenvalue weighted by atomic mass is 10.1. The van der Waals surface area contributed by atoms with Crippen molar-refractivity contribution < 1.29 is 32.2 Å². The Kier molecular flexibility index (Phi) is 6.82. The second-order valence-electron chi connectivity index (χ2n) is 7.22. The maximum absolute atomic E-state index is 13.8. The number of alkyl halides is 3. The molecule has 0 aliphatic rings. The fourth-order valence-electron chi connectivity index (χ4n) is 2.81. The van der Waals surface area contributed by atoms with Crippen LogP contribution < -0.4 is 15.6 Å². The minimum Gasteiger partial charge on any atom is -0.406 e. The number of benzene rings is 2. The molecular formula is C22H19F4N3O4. The second-order valence-corrected chi connectivity index (χ2v) is 7.22. The molecular weight excluding hydrogens is 446 g/mol. The first-order chi connectivity index (χ1) is 15.4. The minimum absolute atomic E-state index is 0.0384. The third-order valence-corrected chi connectivity index (χ3v) is 4.67. The average molecular weight is 465 g/mol. The van der Waals surface area contributed by atoms with Crippen LogP contribution in [0, 0.1) is 5.82 Å². The Balaban J connectivity index is 2.11. The first-order valence-corrected chi connectivity index (χ1v) is 9.70. The van der Waals surface area contributed by atoms with E-state index in [4.69, 9.17) is 0 Å². The Hall–Kier alpha value is -3.73. The van der Waals surface area contributed by atoms with E-state index in [1.165, 1.54) is 44.2 Å². The highest BCUT2D eigenvalue weighted by molar-refractivity contribution is 5.95. The summed E-state index contributed by atoms with van der Waals surface area (Å²) in [5, 5.41) is 16.3. The Morgan fingerprint density at radius 3 is 2.36 bits per heavy atom. The van der Waals surface area contributed by atoms with Crippen LogP contribution >= 0.6 is 0 Å². The van der Waals surface area contributed by atoms with E-state index in [-0.39, 0.29) is 22.5 Å². The molecule has 3 rings (SSSR count). The summed E-state index contributed by atoms with van der Waals surface area (Å²) < 4.78 is 55.7. The Morgan fingerprint density at radius 1 is 1.12 bits per heavy atom. The largest absolute Gasteiger partial charge is 0.573 e. The van der Waals surface area contributed by atoms with E-state index in [1.807, 2.05) is 0 Å². The first kappa shape index (κ1) is 23.9. The van der Waals surface area contributed by atoms with Crippen molar-refractivity contribution in [2.75, 3.05) is 0 Å². The molecule has 0 saturated heterocycles. The van der Waals surface area contributed by atoms with Gasteiger partial charge in [-0.1, -0.05) is 6.07 Å². The molecule has 0 spiro atoms. The van der Waals surface area contributed by atoms with Crippen molar-refractivity contribution in [1.29, 1.82) is 0 Å². The Morgan fingerprint density at radius 2 is 1.79 bits per heavy atom. The van der Waals surface area contributed by atoms with E-state index < -0.39 is 41.5 Å². The number of ether oxygens (including phenoxy) is 1. The van der Waals surface area contributed by atoms with Gasteiger partial charge in [0, 0.05) is 5.56 Å². The molecule has 1 heterocycles. The van der Waals surface area contributed by atoms with Gasteiger partial charge in [0.15, 0.2) is 0 Å². The highest BCUT2D eigenvalue weighted by Gasteiger charge is 2.31. The molecule has 0 bridgehead atoms. The van der Waals surface area contributed by atoms with Crippen molar-refractivity contribution in [1.82, 2.24) is 15.1 Å². The van der Waals surface area contributed by atoms with Crippen molar-refractivity contribution in [3.63, 3.8) is 0 Å². The van der Waals surface area contributed by atoms with Gasteiger partial charge in [-0.2, -0.15) is 9.78 Å². The standard InChI is InChI=1S/C22H19F4N3O4/c1-12(13(2)30)27-20(31)18-11-19(14-6-8-17(9-7-14)33-22(24,25)26)28-29(21(18)32)16-5-3-4-15(23)10-16/h3-13,30H,1-2H3,(H,27,31)/t12-,13-/m0/s1. The van der Waals surface area contributed by atoms with Gasteiger partial charge >= 0.3 is 6.36 Å². The highest BCUT2D eigenvalue weighted by atomic mass is 19.4. The molecule has 0 unspecified atom stereocenters. The smallest absolute Gasteiger partial charge is 0.406 e. The van der Waals surface area contributed by atoms with E-state index in [0.29, 0.717) is 0 Å². The number of hydrogen-bond acceptors (Lipinski definition) is 5. The predicted molar refractivity (Wildman–Crippen MR) is 111 cm³/mol. The van der Waals surface area contributed by atoms with Crippen LogP contribution in [0.25, 0.3) is 16.9 Å². The summed E-state index contributed by atoms with van der Waals surface area (Å²) in [6.07, 6.45) is -5.77. The van der Waals surface area contributed by atoms with Crippen LogP contribution in [0.4, 0.5) is 17.6 Å². The summed E-state index contributed by atoms with van der Waals surface area (Å²) in [7, 11) is 0. The zero-order chi connectivity index (χ0) is 24.3. The Bertz CT molecular complexity index is 1210. The average Bonchev–Trinajstić information content (AvgIpc) is 2.73. The van der Waals surface area contributed by atoms with Crippen LogP contribution in [0.2, 0.25) is 0 Å². The molecule has 7 nitrogen and oxygen atoms in total. The lowest BCUT2D eigenvalue weighted by molar-refractivity contribution is -0.274. The SMILES string of the molecule is C[C@H](O)[C@H](C)NC(=O)c1cc(-c2ccc(OC(F)(F)F)cc2)nn(-c2cccc(F)c2)c1=O. The summed E-state index contributed by atoms with van der Waals surface area (Å²) in [4.78, 5) is 25.7. The molecule has 0 aliphatic heterocycles. The van der Waals surface area contributed by atoms with Gasteiger partial charge in [-0.3, -0.25) is 9.59 Å². The number of nitrogens with zero attached hydrogens (tertiary/aromatic N) is 2. The normalized spacial score (nSPS) is 13.3. The molecule has 1 aromatic heterocycles. The fraction of sp³-hybridized carbons (Fsp3) is 0.227. The predicted octanol–water partition coefficient (Wildman–Crippen LogP) is 3.44. The van der Waals surface area contributed by atoms with Gasteiger partial charge in [-0.15, -0.1) is 13.2 Å². The van der Waals surface area contributed by atoms with Gasteiger partial charge < -0.3 is 15.2 Å². The number of aliphatic hydroxyl groups is 1. The van der Waals surface area contributed by atoms with E-state index in [0.717, 1.165) is 28.9 Å². The number of rotatable bonds is 6. The molecule has 2 N–H and O–H groups in total. The molecule has 1 amide bonds. The number of hydrogen-bond donors (Lipinski definition) is 2. The summed E-state index contributed by atoms with van der Waals surface area (Å²) >= 11 is 0. The zero-order valence-electron chi connectivity index (χ0n) is 17.4. The number of carbonyl (C=O) groups is 1. The number of carbonyl (C=O) groups excluding carboxylic acids is 1. The van der Waals surface area contributed by atoms with E-state index in [9.17, 15) is 32.3 Å². The second kappa shape index (κ2) is 9.41. The molecule has 0 radical (unpaired) electrons. The van der Waals surface area contributed by atoms with Gasteiger partial charge in [-0.05, 0) is 62.4 Å².